The third-order valence-electron chi connectivity index (χ3n) is 5.62. The number of aromatic nitrogens is 1. The van der Waals surface area contributed by atoms with Crippen LogP contribution in [-0.4, -0.2) is 48.6 Å². The van der Waals surface area contributed by atoms with Crippen molar-refractivity contribution in [3.63, 3.8) is 0 Å². The molecule has 8 heteroatoms. The average molecular weight is 435 g/mol. The molecular formula is C23H28F3N3O2. The van der Waals surface area contributed by atoms with Gasteiger partial charge in [-0.2, -0.15) is 13.2 Å². The molecule has 1 aromatic carbocycles. The predicted molar refractivity (Wildman–Crippen MR) is 112 cm³/mol. The molecule has 0 unspecified atom stereocenters. The number of rotatable bonds is 6. The van der Waals surface area contributed by atoms with Crippen LogP contribution in [0.25, 0.3) is 0 Å². The summed E-state index contributed by atoms with van der Waals surface area (Å²) in [7, 11) is 2.05. The maximum absolute atomic E-state index is 13.2. The molecule has 1 aliphatic heterocycles. The summed E-state index contributed by atoms with van der Waals surface area (Å²) < 4.78 is 44.9. The van der Waals surface area contributed by atoms with Crippen LogP contribution in [0.1, 0.15) is 37.3 Å². The summed E-state index contributed by atoms with van der Waals surface area (Å²) in [4.78, 5) is 19.0. The van der Waals surface area contributed by atoms with Gasteiger partial charge in [-0.15, -0.1) is 0 Å². The van der Waals surface area contributed by atoms with Crippen LogP contribution in [-0.2, 0) is 11.0 Å². The number of likely N-dealkylation sites (N-methyl/N-ethyl adjacent to an activating group) is 1. The molecule has 0 spiro atoms. The van der Waals surface area contributed by atoms with E-state index in [1.54, 1.807) is 13.8 Å². The molecule has 2 aromatic rings. The van der Waals surface area contributed by atoms with Gasteiger partial charge in [0.05, 0.1) is 5.41 Å². The second kappa shape index (κ2) is 9.26. The van der Waals surface area contributed by atoms with Crippen LogP contribution in [0.5, 0.6) is 5.88 Å². The second-order valence-corrected chi connectivity index (χ2v) is 8.67. The van der Waals surface area contributed by atoms with E-state index in [0.717, 1.165) is 31.1 Å². The van der Waals surface area contributed by atoms with E-state index in [-0.39, 0.29) is 24.5 Å². The van der Waals surface area contributed by atoms with E-state index in [0.29, 0.717) is 0 Å². The first-order valence-electron chi connectivity index (χ1n) is 10.3. The minimum absolute atomic E-state index is 0.0639. The molecule has 3 rings (SSSR count). The Hall–Kier alpha value is -2.61. The number of amides is 1. The van der Waals surface area contributed by atoms with Crippen molar-refractivity contribution in [3.05, 3.63) is 59.8 Å². The molecule has 0 radical (unpaired) electrons. The van der Waals surface area contributed by atoms with Crippen molar-refractivity contribution in [1.29, 1.82) is 0 Å². The van der Waals surface area contributed by atoms with Gasteiger partial charge in [0.1, 0.15) is 12.2 Å². The summed E-state index contributed by atoms with van der Waals surface area (Å²) in [6.45, 7) is 4.76. The van der Waals surface area contributed by atoms with Crippen molar-refractivity contribution >= 4 is 5.91 Å². The van der Waals surface area contributed by atoms with Crippen LogP contribution >= 0.6 is 0 Å². The molecule has 2 atom stereocenters. The molecule has 0 saturated carbocycles. The Morgan fingerprint density at radius 3 is 2.58 bits per heavy atom. The lowest BCUT2D eigenvalue weighted by Gasteiger charge is -2.39. The van der Waals surface area contributed by atoms with E-state index in [2.05, 4.69) is 34.4 Å². The maximum Gasteiger partial charge on any atom is 0.421 e. The van der Waals surface area contributed by atoms with E-state index in [1.807, 2.05) is 18.2 Å². The lowest BCUT2D eigenvalue weighted by atomic mass is 9.84. The highest BCUT2D eigenvalue weighted by Crippen LogP contribution is 2.35. The van der Waals surface area contributed by atoms with Gasteiger partial charge in [-0.25, -0.2) is 4.98 Å². The Bertz CT molecular complexity index is 887. The highest BCUT2D eigenvalue weighted by atomic mass is 19.4. The minimum Gasteiger partial charge on any atom is -0.476 e. The normalized spacial score (nSPS) is 20.3. The molecule has 1 aliphatic rings. The van der Waals surface area contributed by atoms with Gasteiger partial charge in [0.2, 0.25) is 11.8 Å². The summed E-state index contributed by atoms with van der Waals surface area (Å²) >= 11 is 0. The maximum atomic E-state index is 13.2. The number of carbonyl (C=O) groups excluding carboxylic acids is 1. The smallest absolute Gasteiger partial charge is 0.421 e. The molecule has 0 bridgehead atoms. The van der Waals surface area contributed by atoms with Gasteiger partial charge >= 0.3 is 6.18 Å². The van der Waals surface area contributed by atoms with Crippen LogP contribution in [0.3, 0.4) is 0 Å². The van der Waals surface area contributed by atoms with Crippen LogP contribution in [0, 0.1) is 5.41 Å². The predicted octanol–water partition coefficient (Wildman–Crippen LogP) is 4.11. The number of nitrogens with zero attached hydrogens (tertiary/aromatic N) is 2. The van der Waals surface area contributed by atoms with Gasteiger partial charge in [-0.1, -0.05) is 30.3 Å². The van der Waals surface area contributed by atoms with E-state index in [4.69, 9.17) is 4.74 Å². The summed E-state index contributed by atoms with van der Waals surface area (Å²) in [6, 6.07) is 12.1. The van der Waals surface area contributed by atoms with E-state index in [1.165, 1.54) is 12.3 Å². The fourth-order valence-corrected chi connectivity index (χ4v) is 3.73. The van der Waals surface area contributed by atoms with E-state index >= 15 is 0 Å². The van der Waals surface area contributed by atoms with E-state index in [9.17, 15) is 18.0 Å². The number of benzene rings is 1. The zero-order valence-electron chi connectivity index (χ0n) is 17.9. The van der Waals surface area contributed by atoms with Crippen molar-refractivity contribution in [3.8, 4) is 5.88 Å². The number of carbonyl (C=O) groups is 1. The Morgan fingerprint density at radius 2 is 1.90 bits per heavy atom. The zero-order valence-corrected chi connectivity index (χ0v) is 17.9. The van der Waals surface area contributed by atoms with Crippen LogP contribution < -0.4 is 10.1 Å². The Balaban J connectivity index is 1.69. The molecule has 5 nitrogen and oxygen atoms in total. The van der Waals surface area contributed by atoms with Gasteiger partial charge in [0.15, 0.2) is 0 Å². The van der Waals surface area contributed by atoms with Crippen LogP contribution in [0.15, 0.2) is 48.7 Å². The molecule has 0 aliphatic carbocycles. The molecular weight excluding hydrogens is 407 g/mol. The standard InChI is InChI=1S/C23H28F3N3O2/c1-22(2,15-31-20-18(23(24,25)26)10-7-12-27-20)21(30)28-19-11-13-29(3)14-17(19)16-8-5-4-6-9-16/h4-10,12,17,19H,11,13-15H2,1-3H3,(H,28,30)/t17-,19-/m1/s1. The monoisotopic (exact) mass is 435 g/mol. The number of hydrogen-bond donors (Lipinski definition) is 1. The fraction of sp³-hybridized carbons (Fsp3) is 0.478. The van der Waals surface area contributed by atoms with Crippen molar-refractivity contribution < 1.29 is 22.7 Å². The number of halogens is 3. The number of likely N-dealkylation sites (tertiary alicyclic amines) is 1. The lowest BCUT2D eigenvalue weighted by Crippen LogP contribution is -2.52. The summed E-state index contributed by atoms with van der Waals surface area (Å²) in [5.74, 6) is -0.641. The summed E-state index contributed by atoms with van der Waals surface area (Å²) in [6.07, 6.45) is -2.55. The summed E-state index contributed by atoms with van der Waals surface area (Å²) in [5, 5.41) is 3.12. The first-order chi connectivity index (χ1) is 14.6. The van der Waals surface area contributed by atoms with Crippen molar-refractivity contribution in [2.45, 2.75) is 38.4 Å². The fourth-order valence-electron chi connectivity index (χ4n) is 3.73. The molecule has 31 heavy (non-hydrogen) atoms. The first-order valence-corrected chi connectivity index (χ1v) is 10.3. The zero-order chi connectivity index (χ0) is 22.6. The van der Waals surface area contributed by atoms with Crippen LogP contribution in [0.2, 0.25) is 0 Å². The first kappa shape index (κ1) is 23.1. The summed E-state index contributed by atoms with van der Waals surface area (Å²) in [5.41, 5.74) is -0.840. The second-order valence-electron chi connectivity index (χ2n) is 8.67. The molecule has 2 heterocycles. The Kier molecular flexibility index (Phi) is 6.89. The van der Waals surface area contributed by atoms with Gasteiger partial charge in [0, 0.05) is 24.7 Å². The highest BCUT2D eigenvalue weighted by Gasteiger charge is 2.38. The number of pyridine rings is 1. The SMILES string of the molecule is CN1CC[C@@H](NC(=O)C(C)(C)COc2ncccc2C(F)(F)F)[C@@H](c2ccccc2)C1. The molecule has 168 valence electrons. The van der Waals surface area contributed by atoms with E-state index < -0.39 is 23.0 Å². The minimum atomic E-state index is -4.58. The third kappa shape index (κ3) is 5.76. The molecule has 1 N–H and O–H groups in total. The van der Waals surface area contributed by atoms with Crippen LogP contribution in [0.4, 0.5) is 13.2 Å². The number of hydrogen-bond acceptors (Lipinski definition) is 4. The topological polar surface area (TPSA) is 54.5 Å². The number of ether oxygens (including phenoxy) is 1. The van der Waals surface area contributed by atoms with Gasteiger partial charge < -0.3 is 15.0 Å². The largest absolute Gasteiger partial charge is 0.476 e. The van der Waals surface area contributed by atoms with Gasteiger partial charge in [-0.3, -0.25) is 4.79 Å². The third-order valence-corrected chi connectivity index (χ3v) is 5.62. The molecule has 1 amide bonds. The van der Waals surface area contributed by atoms with Crippen molar-refractivity contribution in [1.82, 2.24) is 15.2 Å². The Morgan fingerprint density at radius 1 is 1.19 bits per heavy atom. The quantitative estimate of drug-likeness (QED) is 0.742. The molecule has 1 aromatic heterocycles. The number of nitrogens with one attached hydrogen (secondary N) is 1. The lowest BCUT2D eigenvalue weighted by molar-refractivity contribution is -0.139. The van der Waals surface area contributed by atoms with Gasteiger partial charge in [0.25, 0.3) is 0 Å². The van der Waals surface area contributed by atoms with Gasteiger partial charge in [-0.05, 0) is 51.6 Å². The highest BCUT2D eigenvalue weighted by molar-refractivity contribution is 5.82. The van der Waals surface area contributed by atoms with Crippen molar-refractivity contribution in [2.75, 3.05) is 26.7 Å². The Labute approximate surface area is 180 Å². The number of piperidine rings is 1. The molecule has 1 fully saturated rings. The molecule has 1 saturated heterocycles. The average Bonchev–Trinajstić information content (AvgIpc) is 2.73. The van der Waals surface area contributed by atoms with Crippen molar-refractivity contribution in [2.24, 2.45) is 5.41 Å². The number of alkyl halides is 3.